The van der Waals surface area contributed by atoms with Gasteiger partial charge in [0.15, 0.2) is 0 Å². The second kappa shape index (κ2) is 7.81. The normalized spacial score (nSPS) is 13.5. The molecule has 1 amide bonds. The van der Waals surface area contributed by atoms with Crippen molar-refractivity contribution in [2.24, 2.45) is 0 Å². The average Bonchev–Trinajstić information content (AvgIpc) is 2.43. The zero-order valence-corrected chi connectivity index (χ0v) is 14.6. The van der Waals surface area contributed by atoms with Gasteiger partial charge >= 0.3 is 12.3 Å². The summed E-state index contributed by atoms with van der Waals surface area (Å²) < 4.78 is 42.8. The number of aryl methyl sites for hydroxylation is 1. The molecule has 8 heteroatoms. The molecule has 0 aliphatic heterocycles. The molecule has 0 fully saturated rings. The van der Waals surface area contributed by atoms with Crippen molar-refractivity contribution in [1.29, 1.82) is 0 Å². The van der Waals surface area contributed by atoms with Crippen LogP contribution in [0.4, 0.5) is 18.0 Å². The highest BCUT2D eigenvalue weighted by atomic mass is 19.4. The highest BCUT2D eigenvalue weighted by molar-refractivity contribution is 5.68. The van der Waals surface area contributed by atoms with Crippen molar-refractivity contribution >= 4 is 6.09 Å². The van der Waals surface area contributed by atoms with E-state index in [-0.39, 0.29) is 6.04 Å². The van der Waals surface area contributed by atoms with Gasteiger partial charge in [0.1, 0.15) is 11.4 Å². The first kappa shape index (κ1) is 20.2. The van der Waals surface area contributed by atoms with Crippen LogP contribution in [0.25, 0.3) is 0 Å². The van der Waals surface area contributed by atoms with Crippen LogP contribution < -0.4 is 0 Å². The van der Waals surface area contributed by atoms with E-state index in [1.807, 2.05) is 13.8 Å². The molecule has 1 aromatic heterocycles. The summed E-state index contributed by atoms with van der Waals surface area (Å²) in [4.78, 5) is 21.2. The van der Waals surface area contributed by atoms with Crippen LogP contribution >= 0.6 is 0 Å². The van der Waals surface area contributed by atoms with Gasteiger partial charge in [-0.15, -0.1) is 0 Å². The fourth-order valence-corrected chi connectivity index (χ4v) is 2.07. The van der Waals surface area contributed by atoms with Gasteiger partial charge < -0.3 is 9.64 Å². The summed E-state index contributed by atoms with van der Waals surface area (Å²) in [6.45, 7) is 9.55. The van der Waals surface area contributed by atoms with E-state index in [2.05, 4.69) is 9.97 Å². The lowest BCUT2D eigenvalue weighted by Crippen LogP contribution is -2.42. The van der Waals surface area contributed by atoms with Gasteiger partial charge in [0.05, 0.1) is 5.56 Å². The van der Waals surface area contributed by atoms with E-state index in [4.69, 9.17) is 4.74 Å². The Balaban J connectivity index is 2.63. The third-order valence-electron chi connectivity index (χ3n) is 3.32. The fourth-order valence-electron chi connectivity index (χ4n) is 2.07. The zero-order chi connectivity index (χ0) is 18.5. The van der Waals surface area contributed by atoms with Crippen molar-refractivity contribution in [3.63, 3.8) is 0 Å². The zero-order valence-electron chi connectivity index (χ0n) is 14.6. The molecule has 24 heavy (non-hydrogen) atoms. The predicted molar refractivity (Wildman–Crippen MR) is 83.4 cm³/mol. The minimum absolute atomic E-state index is 0.143. The van der Waals surface area contributed by atoms with E-state index in [9.17, 15) is 18.0 Å². The van der Waals surface area contributed by atoms with Crippen LogP contribution in [0.1, 0.15) is 52.4 Å². The number of hydrogen-bond donors (Lipinski definition) is 0. The molecule has 0 aliphatic rings. The Bertz CT molecular complexity index is 539. The number of rotatable bonds is 5. The lowest BCUT2D eigenvalue weighted by Gasteiger charge is -2.30. The molecule has 0 aromatic carbocycles. The van der Waals surface area contributed by atoms with E-state index in [0.29, 0.717) is 25.2 Å². The van der Waals surface area contributed by atoms with Crippen LogP contribution in [0, 0.1) is 0 Å². The third kappa shape index (κ3) is 6.33. The van der Waals surface area contributed by atoms with Crippen molar-refractivity contribution in [3.8, 4) is 0 Å². The molecule has 0 spiro atoms. The maximum atomic E-state index is 12.5. The number of aromatic nitrogens is 2. The number of amides is 1. The molecule has 1 heterocycles. The molecule has 0 N–H and O–H groups in total. The van der Waals surface area contributed by atoms with Gasteiger partial charge in [-0.2, -0.15) is 13.2 Å². The lowest BCUT2D eigenvalue weighted by molar-refractivity contribution is -0.138. The molecule has 0 saturated heterocycles. The lowest BCUT2D eigenvalue weighted by atomic mass is 10.1. The summed E-state index contributed by atoms with van der Waals surface area (Å²) in [6, 6.07) is -0.143. The van der Waals surface area contributed by atoms with Crippen molar-refractivity contribution in [3.05, 3.63) is 23.8 Å². The Hall–Kier alpha value is -1.86. The monoisotopic (exact) mass is 347 g/mol. The summed E-state index contributed by atoms with van der Waals surface area (Å²) in [5.41, 5.74) is -1.45. The van der Waals surface area contributed by atoms with Crippen molar-refractivity contribution in [1.82, 2.24) is 14.9 Å². The minimum Gasteiger partial charge on any atom is -0.444 e. The van der Waals surface area contributed by atoms with Crippen molar-refractivity contribution in [2.75, 3.05) is 6.54 Å². The summed E-state index contributed by atoms with van der Waals surface area (Å²) in [7, 11) is 0. The Kier molecular flexibility index (Phi) is 6.57. The Morgan fingerprint density at radius 2 is 1.79 bits per heavy atom. The van der Waals surface area contributed by atoms with Crippen LogP contribution in [0.15, 0.2) is 12.4 Å². The molecule has 0 aliphatic carbocycles. The van der Waals surface area contributed by atoms with E-state index in [1.54, 1.807) is 25.7 Å². The number of carbonyl (C=O) groups excluding carboxylic acids is 1. The molecule has 0 saturated carbocycles. The molecule has 1 atom stereocenters. The van der Waals surface area contributed by atoms with Crippen molar-refractivity contribution in [2.45, 2.75) is 65.3 Å². The smallest absolute Gasteiger partial charge is 0.419 e. The Labute approximate surface area is 140 Å². The largest absolute Gasteiger partial charge is 0.444 e. The van der Waals surface area contributed by atoms with Gasteiger partial charge in [0.25, 0.3) is 0 Å². The number of nitrogens with zero attached hydrogens (tertiary/aromatic N) is 3. The molecule has 136 valence electrons. The average molecular weight is 347 g/mol. The SMILES string of the molecule is CCN(C(=O)OC(C)(C)C)[C@@H](C)CCc1ncc(C(F)(F)F)cn1. The molecular formula is C16H24F3N3O2. The van der Waals surface area contributed by atoms with Crippen LogP contribution in [0.3, 0.4) is 0 Å². The second-order valence-electron chi connectivity index (χ2n) is 6.54. The van der Waals surface area contributed by atoms with Crippen LogP contribution in [0.2, 0.25) is 0 Å². The standard InChI is InChI=1S/C16H24F3N3O2/c1-6-22(14(23)24-15(3,4)5)11(2)7-8-13-20-9-12(10-21-13)16(17,18)19/h9-11H,6-8H2,1-5H3/t11-/m0/s1. The third-order valence-corrected chi connectivity index (χ3v) is 3.32. The molecule has 0 unspecified atom stereocenters. The first-order valence-electron chi connectivity index (χ1n) is 7.81. The van der Waals surface area contributed by atoms with E-state index in [1.165, 1.54) is 0 Å². The van der Waals surface area contributed by atoms with Crippen LogP contribution in [0.5, 0.6) is 0 Å². The number of carbonyl (C=O) groups is 1. The summed E-state index contributed by atoms with van der Waals surface area (Å²) in [5, 5.41) is 0. The predicted octanol–water partition coefficient (Wildman–Crippen LogP) is 4.07. The number of halogens is 3. The van der Waals surface area contributed by atoms with Gasteiger partial charge in [-0.3, -0.25) is 0 Å². The summed E-state index contributed by atoms with van der Waals surface area (Å²) >= 11 is 0. The summed E-state index contributed by atoms with van der Waals surface area (Å²) in [6.07, 6.45) is -2.40. The summed E-state index contributed by atoms with van der Waals surface area (Å²) in [5.74, 6) is 0.315. The highest BCUT2D eigenvalue weighted by Gasteiger charge is 2.31. The van der Waals surface area contributed by atoms with Crippen LogP contribution in [-0.4, -0.2) is 39.1 Å². The fraction of sp³-hybridized carbons (Fsp3) is 0.688. The Morgan fingerprint density at radius 1 is 1.25 bits per heavy atom. The van der Waals surface area contributed by atoms with Crippen LogP contribution in [-0.2, 0) is 17.3 Å². The Morgan fingerprint density at radius 3 is 2.21 bits per heavy atom. The van der Waals surface area contributed by atoms with Gasteiger partial charge in [0, 0.05) is 31.4 Å². The van der Waals surface area contributed by atoms with Gasteiger partial charge in [-0.1, -0.05) is 0 Å². The number of alkyl halides is 3. The topological polar surface area (TPSA) is 55.3 Å². The minimum atomic E-state index is -4.44. The molecular weight excluding hydrogens is 323 g/mol. The first-order valence-corrected chi connectivity index (χ1v) is 7.81. The van der Waals surface area contributed by atoms with E-state index in [0.717, 1.165) is 12.4 Å². The van der Waals surface area contributed by atoms with E-state index >= 15 is 0 Å². The number of hydrogen-bond acceptors (Lipinski definition) is 4. The van der Waals surface area contributed by atoms with Gasteiger partial charge in [-0.05, 0) is 41.0 Å². The molecule has 5 nitrogen and oxygen atoms in total. The molecule has 0 bridgehead atoms. The van der Waals surface area contributed by atoms with Gasteiger partial charge in [0.2, 0.25) is 0 Å². The number of ether oxygens (including phenoxy) is 1. The maximum absolute atomic E-state index is 12.5. The first-order chi connectivity index (χ1) is 10.9. The highest BCUT2D eigenvalue weighted by Crippen LogP contribution is 2.27. The maximum Gasteiger partial charge on any atom is 0.419 e. The molecule has 1 rings (SSSR count). The molecule has 1 aromatic rings. The van der Waals surface area contributed by atoms with Gasteiger partial charge in [-0.25, -0.2) is 14.8 Å². The quantitative estimate of drug-likeness (QED) is 0.805. The molecule has 0 radical (unpaired) electrons. The second-order valence-corrected chi connectivity index (χ2v) is 6.54. The van der Waals surface area contributed by atoms with Crippen molar-refractivity contribution < 1.29 is 22.7 Å². The van der Waals surface area contributed by atoms with E-state index < -0.39 is 23.4 Å².